The van der Waals surface area contributed by atoms with E-state index in [9.17, 15) is 4.79 Å². The molecule has 1 saturated carbocycles. The van der Waals surface area contributed by atoms with Crippen molar-refractivity contribution in [1.29, 1.82) is 0 Å². The number of carbonyl (C=O) groups is 1. The molecule has 1 nitrogen and oxygen atoms in total. The quantitative estimate of drug-likeness (QED) is 0.626. The molecular weight excluding hydrogens is 184 g/mol. The molecule has 0 aromatic carbocycles. The van der Waals surface area contributed by atoms with Gasteiger partial charge in [0.05, 0.1) is 0 Å². The third kappa shape index (κ3) is 3.65. The highest BCUT2D eigenvalue weighted by molar-refractivity contribution is 6.08. The zero-order chi connectivity index (χ0) is 11.4. The Morgan fingerprint density at radius 2 is 1.33 bits per heavy atom. The summed E-state index contributed by atoms with van der Waals surface area (Å²) in [5, 5.41) is 0. The van der Waals surface area contributed by atoms with Crippen LogP contribution in [0.25, 0.3) is 0 Å². The number of hydrogen-bond donors (Lipinski definition) is 0. The monoisotopic (exact) mass is 206 g/mol. The van der Waals surface area contributed by atoms with Crippen molar-refractivity contribution in [2.45, 2.75) is 47.0 Å². The Hall–Kier alpha value is -0.850. The molecule has 1 fully saturated rings. The summed E-state index contributed by atoms with van der Waals surface area (Å²) in [6.45, 7) is 8.50. The number of allylic oxidation sites excluding steroid dienone is 4. The van der Waals surface area contributed by atoms with Gasteiger partial charge in [0.15, 0.2) is 5.78 Å². The predicted octanol–water partition coefficient (Wildman–Crippen LogP) is 3.90. The lowest BCUT2D eigenvalue weighted by Gasteiger charge is -2.17. The largest absolute Gasteiger partial charge is 0.289 e. The first-order valence-corrected chi connectivity index (χ1v) is 5.96. The van der Waals surface area contributed by atoms with Crippen molar-refractivity contribution in [2.75, 3.05) is 0 Å². The van der Waals surface area contributed by atoms with Crippen LogP contribution in [-0.2, 0) is 4.79 Å². The number of carbonyl (C=O) groups excluding carboxylic acids is 1. The van der Waals surface area contributed by atoms with Crippen molar-refractivity contribution in [3.63, 3.8) is 0 Å². The standard InChI is InChI=1S/C14H22O/c1-10(2)8-12-6-5-7-13(14(12)15)9-11(3)4/h8-11H,5-7H2,1-4H3. The smallest absolute Gasteiger partial charge is 0.184 e. The minimum absolute atomic E-state index is 0.295. The van der Waals surface area contributed by atoms with E-state index in [1.165, 1.54) is 0 Å². The van der Waals surface area contributed by atoms with Gasteiger partial charge < -0.3 is 0 Å². The molecule has 84 valence electrons. The molecule has 1 heteroatoms. The van der Waals surface area contributed by atoms with Gasteiger partial charge in [-0.1, -0.05) is 39.8 Å². The van der Waals surface area contributed by atoms with Gasteiger partial charge in [-0.2, -0.15) is 0 Å². The van der Waals surface area contributed by atoms with Crippen molar-refractivity contribution in [2.24, 2.45) is 11.8 Å². The maximum Gasteiger partial charge on any atom is 0.184 e. The highest BCUT2D eigenvalue weighted by Gasteiger charge is 2.20. The molecular formula is C14H22O. The van der Waals surface area contributed by atoms with Gasteiger partial charge >= 0.3 is 0 Å². The summed E-state index contributed by atoms with van der Waals surface area (Å²) in [4.78, 5) is 12.1. The van der Waals surface area contributed by atoms with Gasteiger partial charge in [0, 0.05) is 0 Å². The minimum atomic E-state index is 0.295. The molecule has 0 bridgehead atoms. The zero-order valence-corrected chi connectivity index (χ0v) is 10.3. The van der Waals surface area contributed by atoms with Crippen LogP contribution in [0.3, 0.4) is 0 Å². The normalized spacial score (nSPS) is 23.5. The Morgan fingerprint density at radius 1 is 0.933 bits per heavy atom. The molecule has 0 aromatic heterocycles. The topological polar surface area (TPSA) is 17.1 Å². The molecule has 0 unspecified atom stereocenters. The molecule has 0 saturated heterocycles. The van der Waals surface area contributed by atoms with Gasteiger partial charge in [-0.3, -0.25) is 4.79 Å². The third-order valence-electron chi connectivity index (χ3n) is 2.54. The summed E-state index contributed by atoms with van der Waals surface area (Å²) in [5.41, 5.74) is 2.06. The number of Topliss-reactive ketones (excluding diaryl/α,β-unsaturated/α-hetero) is 1. The number of ketones is 1. The SMILES string of the molecule is CC(C)C=C1CCCC(=CC(C)C)C1=O. The van der Waals surface area contributed by atoms with Crippen molar-refractivity contribution in [3.8, 4) is 0 Å². The second kappa shape index (κ2) is 5.29. The van der Waals surface area contributed by atoms with E-state index < -0.39 is 0 Å². The van der Waals surface area contributed by atoms with Gasteiger partial charge in [-0.05, 0) is 42.2 Å². The van der Waals surface area contributed by atoms with Crippen molar-refractivity contribution in [3.05, 3.63) is 23.3 Å². The van der Waals surface area contributed by atoms with Gasteiger partial charge in [-0.15, -0.1) is 0 Å². The van der Waals surface area contributed by atoms with Crippen LogP contribution in [0.5, 0.6) is 0 Å². The highest BCUT2D eigenvalue weighted by atomic mass is 16.1. The summed E-state index contributed by atoms with van der Waals surface area (Å²) < 4.78 is 0. The Bertz CT molecular complexity index is 264. The lowest BCUT2D eigenvalue weighted by Crippen LogP contribution is -2.14. The van der Waals surface area contributed by atoms with Crippen LogP contribution in [0.4, 0.5) is 0 Å². The second-order valence-electron chi connectivity index (χ2n) is 5.05. The Morgan fingerprint density at radius 3 is 1.67 bits per heavy atom. The molecule has 0 radical (unpaired) electrons. The second-order valence-corrected chi connectivity index (χ2v) is 5.05. The fraction of sp³-hybridized carbons (Fsp3) is 0.643. The number of rotatable bonds is 2. The zero-order valence-electron chi connectivity index (χ0n) is 10.3. The summed E-state index contributed by atoms with van der Waals surface area (Å²) in [7, 11) is 0. The summed E-state index contributed by atoms with van der Waals surface area (Å²) in [5.74, 6) is 1.24. The van der Waals surface area contributed by atoms with Crippen molar-refractivity contribution in [1.82, 2.24) is 0 Å². The molecule has 0 amide bonds. The van der Waals surface area contributed by atoms with Crippen LogP contribution < -0.4 is 0 Å². The van der Waals surface area contributed by atoms with E-state index in [2.05, 4.69) is 39.8 Å². The molecule has 0 heterocycles. The molecule has 0 atom stereocenters. The summed E-state index contributed by atoms with van der Waals surface area (Å²) in [6.07, 6.45) is 7.30. The van der Waals surface area contributed by atoms with Crippen LogP contribution >= 0.6 is 0 Å². The average Bonchev–Trinajstić information content (AvgIpc) is 2.10. The summed E-state index contributed by atoms with van der Waals surface area (Å²) in [6, 6.07) is 0. The van der Waals surface area contributed by atoms with E-state index in [4.69, 9.17) is 0 Å². The van der Waals surface area contributed by atoms with Gasteiger partial charge in [-0.25, -0.2) is 0 Å². The Kier molecular flexibility index (Phi) is 4.31. The van der Waals surface area contributed by atoms with E-state index in [1.54, 1.807) is 0 Å². The molecule has 1 aliphatic rings. The van der Waals surface area contributed by atoms with Crippen LogP contribution in [0.1, 0.15) is 47.0 Å². The van der Waals surface area contributed by atoms with E-state index >= 15 is 0 Å². The van der Waals surface area contributed by atoms with Gasteiger partial charge in [0.25, 0.3) is 0 Å². The van der Waals surface area contributed by atoms with Crippen molar-refractivity contribution < 1.29 is 4.79 Å². The fourth-order valence-corrected chi connectivity index (χ4v) is 2.03. The lowest BCUT2D eigenvalue weighted by atomic mass is 9.86. The predicted molar refractivity (Wildman–Crippen MR) is 64.7 cm³/mol. The molecule has 1 aliphatic carbocycles. The first kappa shape index (κ1) is 12.2. The molecule has 15 heavy (non-hydrogen) atoms. The van der Waals surface area contributed by atoms with E-state index in [1.807, 2.05) is 0 Å². The molecule has 0 aliphatic heterocycles. The first-order chi connectivity index (χ1) is 7.00. The Labute approximate surface area is 93.3 Å². The highest BCUT2D eigenvalue weighted by Crippen LogP contribution is 2.26. The van der Waals surface area contributed by atoms with E-state index in [0.717, 1.165) is 30.4 Å². The van der Waals surface area contributed by atoms with E-state index in [-0.39, 0.29) is 0 Å². The lowest BCUT2D eigenvalue weighted by molar-refractivity contribution is -0.113. The fourth-order valence-electron chi connectivity index (χ4n) is 2.03. The van der Waals surface area contributed by atoms with Gasteiger partial charge in [0.1, 0.15) is 0 Å². The summed E-state index contributed by atoms with van der Waals surface area (Å²) >= 11 is 0. The third-order valence-corrected chi connectivity index (χ3v) is 2.54. The van der Waals surface area contributed by atoms with Crippen LogP contribution in [-0.4, -0.2) is 5.78 Å². The molecule has 0 aromatic rings. The molecule has 1 rings (SSSR count). The van der Waals surface area contributed by atoms with Crippen LogP contribution in [0, 0.1) is 11.8 Å². The molecule has 0 N–H and O–H groups in total. The van der Waals surface area contributed by atoms with E-state index in [0.29, 0.717) is 17.6 Å². The maximum absolute atomic E-state index is 12.1. The van der Waals surface area contributed by atoms with Crippen molar-refractivity contribution >= 4 is 5.78 Å². The molecule has 0 spiro atoms. The Balaban J connectivity index is 2.85. The van der Waals surface area contributed by atoms with Gasteiger partial charge in [0.2, 0.25) is 0 Å². The maximum atomic E-state index is 12.1. The first-order valence-electron chi connectivity index (χ1n) is 5.96. The number of hydrogen-bond acceptors (Lipinski definition) is 1. The van der Waals surface area contributed by atoms with Crippen LogP contribution in [0.15, 0.2) is 23.3 Å². The average molecular weight is 206 g/mol. The minimum Gasteiger partial charge on any atom is -0.289 e. The van der Waals surface area contributed by atoms with Crippen LogP contribution in [0.2, 0.25) is 0 Å².